The first-order chi connectivity index (χ1) is 9.78. The van der Waals surface area contributed by atoms with Crippen molar-refractivity contribution in [3.8, 4) is 11.5 Å². The summed E-state index contributed by atoms with van der Waals surface area (Å²) in [6, 6.07) is 3.92. The highest BCUT2D eigenvalue weighted by molar-refractivity contribution is 6.32. The second kappa shape index (κ2) is 6.20. The third kappa shape index (κ3) is 2.87. The van der Waals surface area contributed by atoms with E-state index < -0.39 is 0 Å². The molecule has 0 aromatic heterocycles. The quantitative estimate of drug-likeness (QED) is 0.907. The minimum atomic E-state index is 0.254. The number of fused-ring (bicyclic) bond motifs is 1. The average Bonchev–Trinajstić information content (AvgIpc) is 3.07. The summed E-state index contributed by atoms with van der Waals surface area (Å²) < 4.78 is 16.4. The molecule has 1 fully saturated rings. The van der Waals surface area contributed by atoms with Crippen LogP contribution in [0, 0.1) is 5.92 Å². The monoisotopic (exact) mass is 297 g/mol. The van der Waals surface area contributed by atoms with Crippen LogP contribution >= 0.6 is 11.6 Å². The van der Waals surface area contributed by atoms with E-state index in [0.29, 0.717) is 22.8 Å². The average molecular weight is 298 g/mol. The van der Waals surface area contributed by atoms with E-state index in [0.717, 1.165) is 43.9 Å². The van der Waals surface area contributed by atoms with E-state index >= 15 is 0 Å². The van der Waals surface area contributed by atoms with Crippen molar-refractivity contribution in [1.29, 1.82) is 0 Å². The number of hydrogen-bond acceptors (Lipinski definition) is 4. The highest BCUT2D eigenvalue weighted by Crippen LogP contribution is 2.39. The van der Waals surface area contributed by atoms with E-state index in [1.54, 1.807) is 0 Å². The Bertz CT molecular complexity index is 480. The Morgan fingerprint density at radius 3 is 3.10 bits per heavy atom. The molecular formula is C15H20ClNO3. The Balaban J connectivity index is 1.55. The molecule has 1 saturated heterocycles. The zero-order valence-electron chi connectivity index (χ0n) is 11.7. The van der Waals surface area contributed by atoms with E-state index in [-0.39, 0.29) is 6.79 Å². The molecule has 0 aliphatic carbocycles. The van der Waals surface area contributed by atoms with Crippen LogP contribution < -0.4 is 14.8 Å². The van der Waals surface area contributed by atoms with Crippen molar-refractivity contribution in [2.45, 2.75) is 32.4 Å². The van der Waals surface area contributed by atoms with E-state index in [1.165, 1.54) is 0 Å². The van der Waals surface area contributed by atoms with Crippen LogP contribution in [0.15, 0.2) is 12.1 Å². The molecule has 2 atom stereocenters. The maximum atomic E-state index is 6.17. The number of ether oxygens (including phenoxy) is 3. The van der Waals surface area contributed by atoms with E-state index in [4.69, 9.17) is 25.8 Å². The second-order valence-corrected chi connectivity index (χ2v) is 5.72. The minimum Gasteiger partial charge on any atom is -0.454 e. The van der Waals surface area contributed by atoms with Crippen LogP contribution in [-0.4, -0.2) is 26.0 Å². The summed E-state index contributed by atoms with van der Waals surface area (Å²) >= 11 is 6.17. The van der Waals surface area contributed by atoms with Gasteiger partial charge in [0, 0.05) is 19.7 Å². The Morgan fingerprint density at radius 2 is 2.25 bits per heavy atom. The Morgan fingerprint density at radius 1 is 1.35 bits per heavy atom. The van der Waals surface area contributed by atoms with Crippen molar-refractivity contribution < 1.29 is 14.2 Å². The zero-order valence-corrected chi connectivity index (χ0v) is 12.4. The standard InChI is InChI=1S/C15H20ClNO3/c1-2-13-11(3-4-18-13)8-17-7-10-5-12(16)15-14(6-10)19-9-20-15/h5-6,11,13,17H,2-4,7-9H2,1H3. The molecule has 0 saturated carbocycles. The van der Waals surface area contributed by atoms with Gasteiger partial charge in [-0.2, -0.15) is 0 Å². The second-order valence-electron chi connectivity index (χ2n) is 5.31. The van der Waals surface area contributed by atoms with Gasteiger partial charge in [0.2, 0.25) is 6.79 Å². The number of benzene rings is 1. The van der Waals surface area contributed by atoms with Gasteiger partial charge in [-0.1, -0.05) is 18.5 Å². The Labute approximate surface area is 124 Å². The van der Waals surface area contributed by atoms with E-state index in [1.807, 2.05) is 12.1 Å². The van der Waals surface area contributed by atoms with Gasteiger partial charge in [-0.3, -0.25) is 0 Å². The lowest BCUT2D eigenvalue weighted by Crippen LogP contribution is -2.27. The maximum absolute atomic E-state index is 6.17. The maximum Gasteiger partial charge on any atom is 0.231 e. The van der Waals surface area contributed by atoms with Crippen molar-refractivity contribution in [2.24, 2.45) is 5.92 Å². The fourth-order valence-corrected chi connectivity index (χ4v) is 3.19. The third-order valence-electron chi connectivity index (χ3n) is 3.97. The lowest BCUT2D eigenvalue weighted by molar-refractivity contribution is 0.0872. The van der Waals surface area contributed by atoms with Crippen LogP contribution in [0.25, 0.3) is 0 Å². The number of rotatable bonds is 5. The molecule has 20 heavy (non-hydrogen) atoms. The molecule has 2 unspecified atom stereocenters. The fraction of sp³-hybridized carbons (Fsp3) is 0.600. The first kappa shape index (κ1) is 14.0. The molecule has 1 N–H and O–H groups in total. The van der Waals surface area contributed by atoms with Crippen LogP contribution in [0.1, 0.15) is 25.3 Å². The fourth-order valence-electron chi connectivity index (χ4n) is 2.90. The Kier molecular flexibility index (Phi) is 4.34. The molecule has 2 aliphatic rings. The number of hydrogen-bond donors (Lipinski definition) is 1. The highest BCUT2D eigenvalue weighted by atomic mass is 35.5. The molecule has 0 radical (unpaired) electrons. The van der Waals surface area contributed by atoms with Crippen LogP contribution in [-0.2, 0) is 11.3 Å². The lowest BCUT2D eigenvalue weighted by atomic mass is 9.99. The molecule has 0 spiro atoms. The number of halogens is 1. The lowest BCUT2D eigenvalue weighted by Gasteiger charge is -2.17. The first-order valence-electron chi connectivity index (χ1n) is 7.18. The summed E-state index contributed by atoms with van der Waals surface area (Å²) in [5.41, 5.74) is 1.12. The van der Waals surface area contributed by atoms with Crippen LogP contribution in [0.2, 0.25) is 5.02 Å². The summed E-state index contributed by atoms with van der Waals surface area (Å²) in [4.78, 5) is 0. The molecular weight excluding hydrogens is 278 g/mol. The van der Waals surface area contributed by atoms with Gasteiger partial charge in [-0.25, -0.2) is 0 Å². The summed E-state index contributed by atoms with van der Waals surface area (Å²) in [6.07, 6.45) is 2.64. The molecule has 3 rings (SSSR count). The van der Waals surface area contributed by atoms with Gasteiger partial charge in [-0.15, -0.1) is 0 Å². The van der Waals surface area contributed by atoms with E-state index in [2.05, 4.69) is 12.2 Å². The number of nitrogens with one attached hydrogen (secondary N) is 1. The van der Waals surface area contributed by atoms with Crippen molar-refractivity contribution in [3.63, 3.8) is 0 Å². The molecule has 0 amide bonds. The van der Waals surface area contributed by atoms with Gasteiger partial charge in [0.05, 0.1) is 11.1 Å². The molecule has 2 heterocycles. The van der Waals surface area contributed by atoms with Crippen molar-refractivity contribution in [3.05, 3.63) is 22.7 Å². The molecule has 1 aromatic rings. The van der Waals surface area contributed by atoms with Crippen LogP contribution in [0.3, 0.4) is 0 Å². The summed E-state index contributed by atoms with van der Waals surface area (Å²) in [5.74, 6) is 2.01. The smallest absolute Gasteiger partial charge is 0.231 e. The molecule has 2 aliphatic heterocycles. The topological polar surface area (TPSA) is 39.7 Å². The Hall–Kier alpha value is -0.970. The minimum absolute atomic E-state index is 0.254. The zero-order chi connectivity index (χ0) is 13.9. The third-order valence-corrected chi connectivity index (χ3v) is 4.25. The SMILES string of the molecule is CCC1OCCC1CNCc1cc(Cl)c2c(c1)OCO2. The molecule has 110 valence electrons. The predicted molar refractivity (Wildman–Crippen MR) is 77.4 cm³/mol. The van der Waals surface area contributed by atoms with Gasteiger partial charge in [0.25, 0.3) is 0 Å². The summed E-state index contributed by atoms with van der Waals surface area (Å²) in [7, 11) is 0. The largest absolute Gasteiger partial charge is 0.454 e. The predicted octanol–water partition coefficient (Wildman–Crippen LogP) is 2.97. The highest BCUT2D eigenvalue weighted by Gasteiger charge is 2.26. The van der Waals surface area contributed by atoms with Gasteiger partial charge in [0.15, 0.2) is 11.5 Å². The van der Waals surface area contributed by atoms with E-state index in [9.17, 15) is 0 Å². The normalized spacial score (nSPS) is 24.3. The summed E-state index contributed by atoms with van der Waals surface area (Å²) in [6.45, 7) is 5.08. The van der Waals surface area contributed by atoms with Crippen molar-refractivity contribution >= 4 is 11.6 Å². The van der Waals surface area contributed by atoms with Gasteiger partial charge in [0.1, 0.15) is 0 Å². The molecule has 0 bridgehead atoms. The molecule has 5 heteroatoms. The summed E-state index contributed by atoms with van der Waals surface area (Å²) in [5, 5.41) is 4.11. The van der Waals surface area contributed by atoms with Gasteiger partial charge >= 0.3 is 0 Å². The van der Waals surface area contributed by atoms with Gasteiger partial charge in [-0.05, 0) is 36.5 Å². The molecule has 4 nitrogen and oxygen atoms in total. The molecule has 1 aromatic carbocycles. The van der Waals surface area contributed by atoms with Gasteiger partial charge < -0.3 is 19.5 Å². The van der Waals surface area contributed by atoms with Crippen molar-refractivity contribution in [2.75, 3.05) is 19.9 Å². The first-order valence-corrected chi connectivity index (χ1v) is 7.56. The van der Waals surface area contributed by atoms with Crippen LogP contribution in [0.4, 0.5) is 0 Å². The van der Waals surface area contributed by atoms with Crippen LogP contribution in [0.5, 0.6) is 11.5 Å². The van der Waals surface area contributed by atoms with Crippen molar-refractivity contribution in [1.82, 2.24) is 5.32 Å².